The molecule has 0 aromatic heterocycles. The average molecular weight is 332 g/mol. The fourth-order valence-electron chi connectivity index (χ4n) is 5.77. The number of allylic oxidation sites excluding steroid dienone is 3. The minimum absolute atomic E-state index is 0.154. The van der Waals surface area contributed by atoms with Crippen LogP contribution in [0.4, 0.5) is 0 Å². The summed E-state index contributed by atoms with van der Waals surface area (Å²) in [7, 11) is 0. The molecule has 0 aromatic rings. The number of carbonyl (C=O) groups excluding carboxylic acids is 1. The Labute approximate surface area is 145 Å². The van der Waals surface area contributed by atoms with Gasteiger partial charge in [0.05, 0.1) is 12.2 Å². The molecule has 3 aliphatic rings. The van der Waals surface area contributed by atoms with Crippen LogP contribution in [-0.4, -0.2) is 28.7 Å². The molecule has 3 fully saturated rings. The maximum Gasteiger partial charge on any atom is 0.123 e. The van der Waals surface area contributed by atoms with Crippen LogP contribution in [0.25, 0.3) is 0 Å². The molecule has 3 aliphatic carbocycles. The van der Waals surface area contributed by atoms with Gasteiger partial charge in [0.15, 0.2) is 0 Å². The summed E-state index contributed by atoms with van der Waals surface area (Å²) in [4.78, 5) is 11.3. The van der Waals surface area contributed by atoms with Crippen LogP contribution in [0.3, 0.4) is 0 Å². The smallest absolute Gasteiger partial charge is 0.123 e. The fraction of sp³-hybridized carbons (Fsp3) is 0.762. The Kier molecular flexibility index (Phi) is 5.31. The molecule has 3 heteroatoms. The lowest BCUT2D eigenvalue weighted by molar-refractivity contribution is -0.113. The molecular weight excluding hydrogens is 300 g/mol. The molecule has 0 aromatic carbocycles. The molecule has 0 unspecified atom stereocenters. The molecule has 24 heavy (non-hydrogen) atoms. The van der Waals surface area contributed by atoms with Crippen LogP contribution in [0.15, 0.2) is 23.3 Å². The molecule has 0 radical (unpaired) electrons. The van der Waals surface area contributed by atoms with Crippen LogP contribution in [0.1, 0.15) is 65.2 Å². The second-order valence-corrected chi connectivity index (χ2v) is 8.61. The third kappa shape index (κ3) is 3.39. The lowest BCUT2D eigenvalue weighted by Crippen LogP contribution is -2.36. The highest BCUT2D eigenvalue weighted by molar-refractivity contribution is 5.54. The minimum atomic E-state index is -0.403. The highest BCUT2D eigenvalue weighted by Crippen LogP contribution is 2.59. The Hall–Kier alpha value is -0.930. The first-order valence-electron chi connectivity index (χ1n) is 9.64. The second-order valence-electron chi connectivity index (χ2n) is 8.61. The van der Waals surface area contributed by atoms with Crippen LogP contribution in [0.5, 0.6) is 0 Å². The van der Waals surface area contributed by atoms with Crippen LogP contribution in [0, 0.1) is 23.2 Å². The molecule has 134 valence electrons. The summed E-state index contributed by atoms with van der Waals surface area (Å²) >= 11 is 0. The molecule has 0 bridgehead atoms. The number of aliphatic hydroxyl groups excluding tert-OH is 2. The molecule has 3 saturated carbocycles. The summed E-state index contributed by atoms with van der Waals surface area (Å²) in [6.07, 6.45) is 12.6. The van der Waals surface area contributed by atoms with E-state index in [9.17, 15) is 15.0 Å². The van der Waals surface area contributed by atoms with Crippen LogP contribution < -0.4 is 0 Å². The summed E-state index contributed by atoms with van der Waals surface area (Å²) in [6.45, 7) is 4.47. The van der Waals surface area contributed by atoms with Crippen LogP contribution in [-0.2, 0) is 4.79 Å². The predicted molar refractivity (Wildman–Crippen MR) is 95.4 cm³/mol. The lowest BCUT2D eigenvalue weighted by Gasteiger charge is -2.43. The molecule has 2 N–H and O–H groups in total. The number of aldehydes is 1. The Balaban J connectivity index is 1.78. The van der Waals surface area contributed by atoms with Gasteiger partial charge in [-0.25, -0.2) is 0 Å². The van der Waals surface area contributed by atoms with Gasteiger partial charge in [-0.15, -0.1) is 0 Å². The van der Waals surface area contributed by atoms with Crippen molar-refractivity contribution in [3.05, 3.63) is 23.3 Å². The summed E-state index contributed by atoms with van der Waals surface area (Å²) in [5.74, 6) is 1.25. The zero-order chi connectivity index (χ0) is 17.3. The average Bonchev–Trinajstić information content (AvgIpc) is 2.89. The topological polar surface area (TPSA) is 57.5 Å². The number of carbonyl (C=O) groups is 1. The van der Waals surface area contributed by atoms with Crippen molar-refractivity contribution in [2.75, 3.05) is 0 Å². The van der Waals surface area contributed by atoms with Gasteiger partial charge >= 0.3 is 0 Å². The Morgan fingerprint density at radius 2 is 1.88 bits per heavy atom. The van der Waals surface area contributed by atoms with Crippen molar-refractivity contribution >= 4 is 6.29 Å². The van der Waals surface area contributed by atoms with E-state index in [1.807, 2.05) is 0 Å². The van der Waals surface area contributed by atoms with E-state index in [1.54, 1.807) is 0 Å². The van der Waals surface area contributed by atoms with E-state index in [1.165, 1.54) is 24.8 Å². The molecule has 0 heterocycles. The van der Waals surface area contributed by atoms with E-state index in [0.717, 1.165) is 24.7 Å². The second kappa shape index (κ2) is 7.13. The summed E-state index contributed by atoms with van der Waals surface area (Å²) < 4.78 is 0. The molecule has 0 amide bonds. The first kappa shape index (κ1) is 17.9. The molecule has 3 rings (SSSR count). The van der Waals surface area contributed by atoms with Crippen molar-refractivity contribution < 1.29 is 15.0 Å². The molecule has 0 saturated heterocycles. The van der Waals surface area contributed by atoms with Gasteiger partial charge in [-0.05, 0) is 68.6 Å². The van der Waals surface area contributed by atoms with Crippen molar-refractivity contribution in [3.63, 3.8) is 0 Å². The van der Waals surface area contributed by atoms with E-state index in [4.69, 9.17) is 0 Å². The largest absolute Gasteiger partial charge is 0.393 e. The van der Waals surface area contributed by atoms with Gasteiger partial charge in [0.25, 0.3) is 0 Å². The normalized spacial score (nSPS) is 42.7. The van der Waals surface area contributed by atoms with Crippen molar-refractivity contribution in [1.29, 1.82) is 0 Å². The highest BCUT2D eigenvalue weighted by Gasteiger charge is 2.50. The molecule has 0 spiro atoms. The van der Waals surface area contributed by atoms with Gasteiger partial charge in [0.1, 0.15) is 6.29 Å². The van der Waals surface area contributed by atoms with Crippen LogP contribution >= 0.6 is 0 Å². The van der Waals surface area contributed by atoms with Crippen molar-refractivity contribution in [1.82, 2.24) is 0 Å². The SMILES string of the molecule is C[C@H](C=O)[C@H]1CC[C@H]2/C(=C/C=C3C[C@@H](O)C[C@H](O)C3)CCC[C@]12C. The van der Waals surface area contributed by atoms with Gasteiger partial charge in [0.2, 0.25) is 0 Å². The van der Waals surface area contributed by atoms with Gasteiger partial charge < -0.3 is 15.0 Å². The third-order valence-electron chi connectivity index (χ3n) is 6.96. The maximum absolute atomic E-state index is 11.3. The molecule has 3 nitrogen and oxygen atoms in total. The Bertz CT molecular complexity index is 523. The maximum atomic E-state index is 11.3. The molecular formula is C21H32O3. The van der Waals surface area contributed by atoms with Gasteiger partial charge in [-0.2, -0.15) is 0 Å². The zero-order valence-electron chi connectivity index (χ0n) is 15.1. The predicted octanol–water partition coefficient (Wildman–Crippen LogP) is 3.80. The summed E-state index contributed by atoms with van der Waals surface area (Å²) in [5.41, 5.74) is 2.94. The molecule has 0 aliphatic heterocycles. The standard InChI is InChI=1S/C21H32O3/c1-14(13-22)19-7-8-20-16(4-3-9-21(19,20)2)6-5-15-10-17(23)12-18(24)11-15/h5-6,13-14,17-20,23-24H,3-4,7-12H2,1-2H3/b16-6+/t14-,17-,18-,19-,20+,21-/m1/s1. The van der Waals surface area contributed by atoms with Crippen molar-refractivity contribution in [2.24, 2.45) is 23.2 Å². The number of fused-ring (bicyclic) bond motifs is 1. The number of hydrogen-bond donors (Lipinski definition) is 2. The minimum Gasteiger partial charge on any atom is -0.393 e. The van der Waals surface area contributed by atoms with E-state index < -0.39 is 12.2 Å². The van der Waals surface area contributed by atoms with Crippen molar-refractivity contribution in [2.45, 2.75) is 77.4 Å². The molecule has 6 atom stereocenters. The van der Waals surface area contributed by atoms with E-state index >= 15 is 0 Å². The van der Waals surface area contributed by atoms with Crippen molar-refractivity contribution in [3.8, 4) is 0 Å². The highest BCUT2D eigenvalue weighted by atomic mass is 16.3. The first-order valence-corrected chi connectivity index (χ1v) is 9.64. The number of aliphatic hydroxyl groups is 2. The first-order chi connectivity index (χ1) is 11.4. The monoisotopic (exact) mass is 332 g/mol. The lowest BCUT2D eigenvalue weighted by atomic mass is 9.61. The summed E-state index contributed by atoms with van der Waals surface area (Å²) in [5, 5.41) is 19.7. The van der Waals surface area contributed by atoms with E-state index in [0.29, 0.717) is 31.1 Å². The summed E-state index contributed by atoms with van der Waals surface area (Å²) in [6, 6.07) is 0. The fourth-order valence-corrected chi connectivity index (χ4v) is 5.77. The van der Waals surface area contributed by atoms with Gasteiger partial charge in [0, 0.05) is 5.92 Å². The quantitative estimate of drug-likeness (QED) is 0.773. The number of hydrogen-bond acceptors (Lipinski definition) is 3. The van der Waals surface area contributed by atoms with Gasteiger partial charge in [-0.3, -0.25) is 0 Å². The van der Waals surface area contributed by atoms with Gasteiger partial charge in [-0.1, -0.05) is 37.1 Å². The number of rotatable bonds is 3. The zero-order valence-corrected chi connectivity index (χ0v) is 15.1. The van der Waals surface area contributed by atoms with E-state index in [-0.39, 0.29) is 11.3 Å². The Morgan fingerprint density at radius 1 is 1.17 bits per heavy atom. The van der Waals surface area contributed by atoms with Crippen LogP contribution in [0.2, 0.25) is 0 Å². The van der Waals surface area contributed by atoms with E-state index in [2.05, 4.69) is 26.0 Å². The Morgan fingerprint density at radius 3 is 2.54 bits per heavy atom. The third-order valence-corrected chi connectivity index (χ3v) is 6.96.